The molecule has 1 N–H and O–H groups in total. The molecule has 0 heterocycles. The number of aliphatic carboxylic acids is 1. The molecule has 0 fully saturated rings. The van der Waals surface area contributed by atoms with E-state index in [9.17, 15) is 18.0 Å². The van der Waals surface area contributed by atoms with Gasteiger partial charge in [0.15, 0.2) is 0 Å². The van der Waals surface area contributed by atoms with Crippen LogP contribution in [-0.2, 0) is 11.0 Å². The highest BCUT2D eigenvalue weighted by Gasteiger charge is 2.31. The number of hydrogen-bond donors (Lipinski definition) is 1. The van der Waals surface area contributed by atoms with E-state index in [1.54, 1.807) is 6.92 Å². The van der Waals surface area contributed by atoms with E-state index in [4.69, 9.17) is 11.5 Å². The van der Waals surface area contributed by atoms with Gasteiger partial charge in [0.1, 0.15) is 0 Å². The van der Waals surface area contributed by atoms with Gasteiger partial charge in [0, 0.05) is 6.04 Å². The lowest BCUT2D eigenvalue weighted by Crippen LogP contribution is -2.32. The Morgan fingerprint density at radius 2 is 2.15 bits per heavy atom. The third kappa shape index (κ3) is 4.28. The highest BCUT2D eigenvalue weighted by Crippen LogP contribution is 2.31. The van der Waals surface area contributed by atoms with Gasteiger partial charge in [0.2, 0.25) is 0 Å². The molecule has 1 aromatic rings. The summed E-state index contributed by atoms with van der Waals surface area (Å²) < 4.78 is 38.0. The minimum atomic E-state index is -4.43. The van der Waals surface area contributed by atoms with Gasteiger partial charge >= 0.3 is 12.1 Å². The fourth-order valence-corrected chi connectivity index (χ4v) is 1.81. The summed E-state index contributed by atoms with van der Waals surface area (Å²) in [5, 5.41) is 8.80. The number of halogens is 3. The number of carboxylic acid groups (broad SMARTS) is 1. The van der Waals surface area contributed by atoms with Gasteiger partial charge in [-0.3, -0.25) is 9.69 Å². The summed E-state index contributed by atoms with van der Waals surface area (Å²) in [6.07, 6.45) is 0.724. The molecule has 0 saturated heterocycles. The Kier molecular flexibility index (Phi) is 5.17. The predicted octanol–water partition coefficient (Wildman–Crippen LogP) is 2.79. The molecule has 0 spiro atoms. The Balaban J connectivity index is 3.03. The van der Waals surface area contributed by atoms with E-state index < -0.39 is 23.8 Å². The highest BCUT2D eigenvalue weighted by atomic mass is 19.4. The Labute approximate surface area is 115 Å². The number of alkyl halides is 3. The number of nitrogens with zero attached hydrogens (tertiary/aromatic N) is 1. The summed E-state index contributed by atoms with van der Waals surface area (Å²) >= 11 is 0. The van der Waals surface area contributed by atoms with Crippen molar-refractivity contribution in [1.29, 1.82) is 0 Å². The Hall–Kier alpha value is -2.00. The second-order valence-electron chi connectivity index (χ2n) is 4.30. The number of carboxylic acids is 1. The van der Waals surface area contributed by atoms with Gasteiger partial charge in [-0.05, 0) is 24.6 Å². The number of rotatable bonds is 5. The topological polar surface area (TPSA) is 40.5 Å². The van der Waals surface area contributed by atoms with Gasteiger partial charge in [-0.25, -0.2) is 0 Å². The third-order valence-corrected chi connectivity index (χ3v) is 2.88. The van der Waals surface area contributed by atoms with Crippen molar-refractivity contribution in [3.05, 3.63) is 35.4 Å². The van der Waals surface area contributed by atoms with Crippen molar-refractivity contribution in [2.24, 2.45) is 0 Å². The van der Waals surface area contributed by atoms with Crippen LogP contribution in [0.3, 0.4) is 0 Å². The fourth-order valence-electron chi connectivity index (χ4n) is 1.81. The maximum absolute atomic E-state index is 12.7. The standard InChI is InChI=1S/C14H14F3NO2/c1-3-7-18(9-13(19)20)10(2)11-5-4-6-12(8-11)14(15,16)17/h1,4-6,8,10H,7,9H2,2H3,(H,19,20). The average Bonchev–Trinajstić information content (AvgIpc) is 2.36. The molecule has 0 aliphatic heterocycles. The van der Waals surface area contributed by atoms with Crippen LogP contribution >= 0.6 is 0 Å². The van der Waals surface area contributed by atoms with Gasteiger partial charge in [-0.15, -0.1) is 6.42 Å². The van der Waals surface area contributed by atoms with E-state index in [0.29, 0.717) is 5.56 Å². The number of terminal acetylenes is 1. The molecule has 20 heavy (non-hydrogen) atoms. The molecular formula is C14H14F3NO2. The van der Waals surface area contributed by atoms with Crippen LogP contribution in [0.5, 0.6) is 0 Å². The Morgan fingerprint density at radius 3 is 2.65 bits per heavy atom. The minimum Gasteiger partial charge on any atom is -0.480 e. The molecule has 108 valence electrons. The first-order chi connectivity index (χ1) is 9.25. The fraction of sp³-hybridized carbons (Fsp3) is 0.357. The van der Waals surface area contributed by atoms with Crippen molar-refractivity contribution in [2.75, 3.05) is 13.1 Å². The van der Waals surface area contributed by atoms with Crippen LogP contribution < -0.4 is 0 Å². The normalized spacial score (nSPS) is 13.0. The van der Waals surface area contributed by atoms with Crippen molar-refractivity contribution in [3.8, 4) is 12.3 Å². The molecular weight excluding hydrogens is 271 g/mol. The summed E-state index contributed by atoms with van der Waals surface area (Å²) in [5.74, 6) is 1.22. The van der Waals surface area contributed by atoms with E-state index in [0.717, 1.165) is 12.1 Å². The van der Waals surface area contributed by atoms with Crippen LogP contribution in [0, 0.1) is 12.3 Å². The SMILES string of the molecule is C#CCN(CC(=O)O)C(C)c1cccc(C(F)(F)F)c1. The largest absolute Gasteiger partial charge is 0.480 e. The molecule has 1 aromatic carbocycles. The van der Waals surface area contributed by atoms with Crippen LogP contribution in [0.2, 0.25) is 0 Å². The smallest absolute Gasteiger partial charge is 0.416 e. The number of hydrogen-bond acceptors (Lipinski definition) is 2. The molecule has 6 heteroatoms. The molecule has 0 aliphatic carbocycles. The maximum Gasteiger partial charge on any atom is 0.416 e. The van der Waals surface area contributed by atoms with Crippen molar-refractivity contribution in [3.63, 3.8) is 0 Å². The molecule has 0 bridgehead atoms. The number of benzene rings is 1. The zero-order valence-corrected chi connectivity index (χ0v) is 10.8. The lowest BCUT2D eigenvalue weighted by atomic mass is 10.0. The summed E-state index contributed by atoms with van der Waals surface area (Å²) in [4.78, 5) is 12.2. The molecule has 1 atom stereocenters. The quantitative estimate of drug-likeness (QED) is 0.846. The molecule has 0 amide bonds. The van der Waals surface area contributed by atoms with Gasteiger partial charge in [-0.2, -0.15) is 13.2 Å². The van der Waals surface area contributed by atoms with E-state index in [2.05, 4.69) is 5.92 Å². The van der Waals surface area contributed by atoms with Crippen LogP contribution in [0.15, 0.2) is 24.3 Å². The van der Waals surface area contributed by atoms with Gasteiger partial charge in [0.25, 0.3) is 0 Å². The van der Waals surface area contributed by atoms with E-state index in [-0.39, 0.29) is 13.1 Å². The minimum absolute atomic E-state index is 0.0453. The number of carbonyl (C=O) groups is 1. The summed E-state index contributed by atoms with van der Waals surface area (Å²) in [6.45, 7) is 1.33. The van der Waals surface area contributed by atoms with Crippen molar-refractivity contribution in [2.45, 2.75) is 19.1 Å². The van der Waals surface area contributed by atoms with E-state index in [1.165, 1.54) is 17.0 Å². The Bertz CT molecular complexity index is 520. The van der Waals surface area contributed by atoms with Crippen LogP contribution in [0.1, 0.15) is 24.1 Å². The van der Waals surface area contributed by atoms with Crippen molar-refractivity contribution in [1.82, 2.24) is 4.90 Å². The van der Waals surface area contributed by atoms with Gasteiger partial charge < -0.3 is 5.11 Å². The molecule has 1 unspecified atom stereocenters. The molecule has 0 saturated carbocycles. The molecule has 0 aliphatic rings. The Morgan fingerprint density at radius 1 is 1.50 bits per heavy atom. The highest BCUT2D eigenvalue weighted by molar-refractivity contribution is 5.69. The first-order valence-electron chi connectivity index (χ1n) is 5.82. The average molecular weight is 285 g/mol. The molecule has 0 aromatic heterocycles. The first-order valence-corrected chi connectivity index (χ1v) is 5.82. The second-order valence-corrected chi connectivity index (χ2v) is 4.30. The lowest BCUT2D eigenvalue weighted by molar-refractivity contribution is -0.139. The van der Waals surface area contributed by atoms with Crippen LogP contribution in [-0.4, -0.2) is 29.1 Å². The van der Waals surface area contributed by atoms with E-state index >= 15 is 0 Å². The summed E-state index contributed by atoms with van der Waals surface area (Å²) in [6, 6.07) is 4.27. The molecule has 3 nitrogen and oxygen atoms in total. The van der Waals surface area contributed by atoms with Crippen LogP contribution in [0.25, 0.3) is 0 Å². The lowest BCUT2D eigenvalue weighted by Gasteiger charge is -2.26. The first kappa shape index (κ1) is 16.1. The zero-order valence-electron chi connectivity index (χ0n) is 10.8. The van der Waals surface area contributed by atoms with Gasteiger partial charge in [-0.1, -0.05) is 18.1 Å². The maximum atomic E-state index is 12.7. The van der Waals surface area contributed by atoms with Crippen molar-refractivity contribution >= 4 is 5.97 Å². The van der Waals surface area contributed by atoms with E-state index in [1.807, 2.05) is 0 Å². The predicted molar refractivity (Wildman–Crippen MR) is 67.9 cm³/mol. The molecule has 1 rings (SSSR count). The van der Waals surface area contributed by atoms with Crippen LogP contribution in [0.4, 0.5) is 13.2 Å². The van der Waals surface area contributed by atoms with Crippen molar-refractivity contribution < 1.29 is 23.1 Å². The molecule has 0 radical (unpaired) electrons. The summed E-state index contributed by atoms with van der Waals surface area (Å²) in [7, 11) is 0. The zero-order chi connectivity index (χ0) is 15.3. The summed E-state index contributed by atoms with van der Waals surface area (Å²) in [5.41, 5.74) is -0.394. The van der Waals surface area contributed by atoms with Gasteiger partial charge in [0.05, 0.1) is 18.7 Å². The monoisotopic (exact) mass is 285 g/mol. The second kappa shape index (κ2) is 6.44. The third-order valence-electron chi connectivity index (χ3n) is 2.88.